The Labute approximate surface area is 149 Å². The molecule has 1 aromatic carbocycles. The van der Waals surface area contributed by atoms with Crippen LogP contribution in [0.4, 0.5) is 5.69 Å². The van der Waals surface area contributed by atoms with E-state index < -0.39 is 0 Å². The van der Waals surface area contributed by atoms with Crippen molar-refractivity contribution in [3.63, 3.8) is 0 Å². The maximum atomic E-state index is 9.11. The lowest BCUT2D eigenvalue weighted by Crippen LogP contribution is -2.33. The van der Waals surface area contributed by atoms with Crippen LogP contribution in [-0.4, -0.2) is 43.1 Å². The normalized spacial score (nSPS) is 11.2. The smallest absolute Gasteiger partial charge is 0.169 e. The molecule has 0 aliphatic heterocycles. The maximum Gasteiger partial charge on any atom is 0.169 e. The number of rotatable bonds is 10. The van der Waals surface area contributed by atoms with Crippen LogP contribution in [0.15, 0.2) is 48.8 Å². The third-order valence-electron chi connectivity index (χ3n) is 4.00. The van der Waals surface area contributed by atoms with Gasteiger partial charge in [-0.05, 0) is 29.8 Å². The van der Waals surface area contributed by atoms with Crippen molar-refractivity contribution in [2.45, 2.75) is 13.0 Å². The number of aryl methyl sites for hydroxylation is 1. The summed E-state index contributed by atoms with van der Waals surface area (Å²) in [6.07, 6.45) is 9.28. The molecule has 2 aromatic rings. The number of benzene rings is 1. The zero-order valence-corrected chi connectivity index (χ0v) is 14.6. The van der Waals surface area contributed by atoms with Gasteiger partial charge in [-0.1, -0.05) is 24.3 Å². The van der Waals surface area contributed by atoms with Crippen LogP contribution in [0.1, 0.15) is 17.5 Å². The minimum Gasteiger partial charge on any atom is -0.395 e. The number of nitrogens with zero attached hydrogens (tertiary/aromatic N) is 2. The van der Waals surface area contributed by atoms with Crippen molar-refractivity contribution in [2.75, 3.05) is 37.7 Å². The molecule has 0 aliphatic carbocycles. The van der Waals surface area contributed by atoms with Gasteiger partial charge in [0.2, 0.25) is 0 Å². The highest BCUT2D eigenvalue weighted by Crippen LogP contribution is 2.16. The monoisotopic (exact) mass is 342 g/mol. The molecule has 0 unspecified atom stereocenters. The van der Waals surface area contributed by atoms with Crippen molar-refractivity contribution >= 4 is 17.8 Å². The average Bonchev–Trinajstić information content (AvgIpc) is 2.66. The molecular formula is C20H28N3O2+. The number of nitrogens with two attached hydrogens (primary N) is 1. The summed E-state index contributed by atoms with van der Waals surface area (Å²) in [6, 6.07) is 12.3. The zero-order chi connectivity index (χ0) is 17.9. The van der Waals surface area contributed by atoms with Crippen LogP contribution >= 0.6 is 0 Å². The van der Waals surface area contributed by atoms with E-state index in [1.807, 2.05) is 29.2 Å². The van der Waals surface area contributed by atoms with E-state index in [0.29, 0.717) is 19.6 Å². The molecule has 5 nitrogen and oxygen atoms in total. The van der Waals surface area contributed by atoms with E-state index >= 15 is 0 Å². The number of hydrogen-bond donors (Lipinski definition) is 3. The second kappa shape index (κ2) is 10.6. The topological polar surface area (TPSA) is 73.6 Å². The first-order valence-corrected chi connectivity index (χ1v) is 8.71. The molecule has 134 valence electrons. The van der Waals surface area contributed by atoms with Crippen molar-refractivity contribution in [2.24, 2.45) is 5.73 Å². The predicted molar refractivity (Wildman–Crippen MR) is 102 cm³/mol. The van der Waals surface area contributed by atoms with Gasteiger partial charge in [-0.2, -0.15) is 0 Å². The highest BCUT2D eigenvalue weighted by molar-refractivity contribution is 5.70. The van der Waals surface area contributed by atoms with Gasteiger partial charge in [0.1, 0.15) is 6.54 Å². The van der Waals surface area contributed by atoms with Crippen LogP contribution < -0.4 is 15.2 Å². The molecule has 0 saturated heterocycles. The Bertz CT molecular complexity index is 633. The average molecular weight is 342 g/mol. The van der Waals surface area contributed by atoms with Crippen molar-refractivity contribution in [3.05, 3.63) is 59.9 Å². The predicted octanol–water partition coefficient (Wildman–Crippen LogP) is 1.28. The van der Waals surface area contributed by atoms with Crippen molar-refractivity contribution in [1.29, 1.82) is 0 Å². The summed E-state index contributed by atoms with van der Waals surface area (Å²) in [4.78, 5) is 1.96. The van der Waals surface area contributed by atoms with Gasteiger partial charge in [0, 0.05) is 37.3 Å². The Hall–Kier alpha value is -2.21. The summed E-state index contributed by atoms with van der Waals surface area (Å²) in [6.45, 7) is 2.83. The molecule has 4 N–H and O–H groups in total. The van der Waals surface area contributed by atoms with Gasteiger partial charge in [0.25, 0.3) is 0 Å². The first-order valence-electron chi connectivity index (χ1n) is 8.71. The van der Waals surface area contributed by atoms with Crippen LogP contribution in [0.5, 0.6) is 0 Å². The molecule has 0 amide bonds. The van der Waals surface area contributed by atoms with Gasteiger partial charge in [-0.15, -0.1) is 0 Å². The van der Waals surface area contributed by atoms with Crippen LogP contribution in [0.3, 0.4) is 0 Å². The zero-order valence-electron chi connectivity index (χ0n) is 14.6. The summed E-state index contributed by atoms with van der Waals surface area (Å²) < 4.78 is 2.13. The molecule has 1 aromatic heterocycles. The highest BCUT2D eigenvalue weighted by Gasteiger charge is 2.04. The van der Waals surface area contributed by atoms with Crippen molar-refractivity contribution < 1.29 is 14.8 Å². The lowest BCUT2D eigenvalue weighted by molar-refractivity contribution is -0.697. The van der Waals surface area contributed by atoms with E-state index in [4.69, 9.17) is 15.9 Å². The molecule has 5 heteroatoms. The van der Waals surface area contributed by atoms with E-state index in [-0.39, 0.29) is 13.2 Å². The standard InChI is InChI=1S/C20H28N3O2/c21-10-1-11-22-12-8-19(9-13-22)3-2-18-4-6-20(7-5-18)23(14-16-24)15-17-25/h2-9,12-13,24-25H,1,10-11,14-17,21H2/q+1. The molecule has 0 aliphatic rings. The molecule has 0 bridgehead atoms. The Morgan fingerprint density at radius 1 is 0.880 bits per heavy atom. The number of aromatic nitrogens is 1. The molecule has 0 atom stereocenters. The van der Waals surface area contributed by atoms with Gasteiger partial charge in [-0.3, -0.25) is 0 Å². The van der Waals surface area contributed by atoms with Crippen molar-refractivity contribution in [3.8, 4) is 0 Å². The fraction of sp³-hybridized carbons (Fsp3) is 0.350. The van der Waals surface area contributed by atoms with Gasteiger partial charge in [0.15, 0.2) is 12.4 Å². The van der Waals surface area contributed by atoms with Gasteiger partial charge in [-0.25, -0.2) is 4.57 Å². The SMILES string of the molecule is NCCC[n+]1ccc(/C=C/c2ccc(N(CCO)CCO)cc2)cc1. The molecule has 25 heavy (non-hydrogen) atoms. The van der Waals surface area contributed by atoms with Crippen LogP contribution in [-0.2, 0) is 6.54 Å². The van der Waals surface area contributed by atoms with Crippen LogP contribution in [0, 0.1) is 0 Å². The Balaban J connectivity index is 1.98. The first-order chi connectivity index (χ1) is 12.3. The minimum absolute atomic E-state index is 0.0704. The van der Waals surface area contributed by atoms with Crippen LogP contribution in [0.2, 0.25) is 0 Å². The Kier molecular flexibility index (Phi) is 8.12. The summed E-state index contributed by atoms with van der Waals surface area (Å²) in [7, 11) is 0. The highest BCUT2D eigenvalue weighted by atomic mass is 16.3. The summed E-state index contributed by atoms with van der Waals surface area (Å²) in [5, 5.41) is 18.2. The third kappa shape index (κ3) is 6.31. The second-order valence-electron chi connectivity index (χ2n) is 5.87. The maximum absolute atomic E-state index is 9.11. The molecule has 2 rings (SSSR count). The van der Waals surface area contributed by atoms with Crippen molar-refractivity contribution in [1.82, 2.24) is 0 Å². The van der Waals surface area contributed by atoms with Crippen LogP contribution in [0.25, 0.3) is 12.2 Å². The lowest BCUT2D eigenvalue weighted by atomic mass is 10.1. The minimum atomic E-state index is 0.0704. The Morgan fingerprint density at radius 2 is 1.44 bits per heavy atom. The quantitative estimate of drug-likeness (QED) is 0.569. The molecule has 0 radical (unpaired) electrons. The lowest BCUT2D eigenvalue weighted by Gasteiger charge is -2.22. The molecule has 0 saturated carbocycles. The second-order valence-corrected chi connectivity index (χ2v) is 5.87. The van der Waals surface area contributed by atoms with E-state index in [2.05, 4.69) is 41.2 Å². The molecule has 1 heterocycles. The molecule has 0 fully saturated rings. The van der Waals surface area contributed by atoms with E-state index in [9.17, 15) is 0 Å². The summed E-state index contributed by atoms with van der Waals surface area (Å²) >= 11 is 0. The fourth-order valence-electron chi connectivity index (χ4n) is 2.60. The van der Waals surface area contributed by atoms with E-state index in [1.165, 1.54) is 0 Å². The van der Waals surface area contributed by atoms with E-state index in [1.54, 1.807) is 0 Å². The first kappa shape index (κ1) is 19.1. The van der Waals surface area contributed by atoms with Gasteiger partial charge < -0.3 is 20.8 Å². The number of anilines is 1. The molecule has 0 spiro atoms. The third-order valence-corrected chi connectivity index (χ3v) is 4.00. The summed E-state index contributed by atoms with van der Waals surface area (Å²) in [5.41, 5.74) is 8.79. The number of aliphatic hydroxyl groups excluding tert-OH is 2. The fourth-order valence-corrected chi connectivity index (χ4v) is 2.60. The van der Waals surface area contributed by atoms with Gasteiger partial charge >= 0.3 is 0 Å². The number of pyridine rings is 1. The summed E-state index contributed by atoms with van der Waals surface area (Å²) in [5.74, 6) is 0. The number of hydrogen-bond acceptors (Lipinski definition) is 4. The number of aliphatic hydroxyl groups is 2. The Morgan fingerprint density at radius 3 is 1.96 bits per heavy atom. The largest absolute Gasteiger partial charge is 0.395 e. The van der Waals surface area contributed by atoms with E-state index in [0.717, 1.165) is 29.8 Å². The van der Waals surface area contributed by atoms with Gasteiger partial charge in [0.05, 0.1) is 13.2 Å². The molecular weight excluding hydrogens is 314 g/mol.